The van der Waals surface area contributed by atoms with Crippen molar-refractivity contribution in [2.75, 3.05) is 0 Å². The molecular weight excluding hydrogens is 266 g/mol. The van der Waals surface area contributed by atoms with Gasteiger partial charge in [0.05, 0.1) is 12.5 Å². The first kappa shape index (κ1) is 17.2. The quantitative estimate of drug-likeness (QED) is 0.673. The van der Waals surface area contributed by atoms with E-state index >= 15 is 0 Å². The molecule has 1 heterocycles. The number of rotatable bonds is 10. The third-order valence-electron chi connectivity index (χ3n) is 3.59. The van der Waals surface area contributed by atoms with Crippen LogP contribution in [-0.4, -0.2) is 15.6 Å². The van der Waals surface area contributed by atoms with Crippen molar-refractivity contribution in [3.63, 3.8) is 0 Å². The van der Waals surface area contributed by atoms with E-state index in [0.717, 1.165) is 50.0 Å². The summed E-state index contributed by atoms with van der Waals surface area (Å²) in [7, 11) is 0. The molecule has 0 radical (unpaired) electrons. The van der Waals surface area contributed by atoms with Crippen molar-refractivity contribution in [2.24, 2.45) is 0 Å². The van der Waals surface area contributed by atoms with Crippen molar-refractivity contribution in [1.82, 2.24) is 4.57 Å². The predicted molar refractivity (Wildman–Crippen MR) is 79.7 cm³/mol. The standard InChI is InChI=1S/C16H25N3O2/c1-3-5-8-14-12-18(11-7-10-17)15(9-6-4-2)19(14)13-16(20)21/h12H,3-9,11,13H2,1-2H3/p+1. The largest absolute Gasteiger partial charge is 0.478 e. The summed E-state index contributed by atoms with van der Waals surface area (Å²) < 4.78 is 4.01. The maximum absolute atomic E-state index is 11.2. The van der Waals surface area contributed by atoms with E-state index in [1.807, 2.05) is 10.8 Å². The minimum atomic E-state index is -0.812. The van der Waals surface area contributed by atoms with E-state index in [-0.39, 0.29) is 6.54 Å². The molecule has 21 heavy (non-hydrogen) atoms. The predicted octanol–water partition coefficient (Wildman–Crippen LogP) is 2.46. The molecule has 1 aromatic rings. The van der Waals surface area contributed by atoms with Crippen LogP contribution in [0.25, 0.3) is 0 Å². The highest BCUT2D eigenvalue weighted by Gasteiger charge is 2.24. The van der Waals surface area contributed by atoms with Crippen LogP contribution in [0, 0.1) is 11.3 Å². The Bertz CT molecular complexity index is 500. The first-order chi connectivity index (χ1) is 10.1. The second kappa shape index (κ2) is 9.17. The van der Waals surface area contributed by atoms with E-state index in [0.29, 0.717) is 13.0 Å². The number of imidazole rings is 1. The summed E-state index contributed by atoms with van der Waals surface area (Å²) >= 11 is 0. The molecule has 0 spiro atoms. The number of aryl methyl sites for hydroxylation is 2. The molecule has 0 aliphatic heterocycles. The molecule has 5 heteroatoms. The minimum absolute atomic E-state index is 0.0116. The number of hydrogen-bond donors (Lipinski definition) is 1. The van der Waals surface area contributed by atoms with Gasteiger partial charge in [0.25, 0.3) is 5.82 Å². The van der Waals surface area contributed by atoms with E-state index < -0.39 is 5.97 Å². The summed E-state index contributed by atoms with van der Waals surface area (Å²) in [6.45, 7) is 4.91. The van der Waals surface area contributed by atoms with Gasteiger partial charge in [-0.05, 0) is 12.8 Å². The van der Waals surface area contributed by atoms with Gasteiger partial charge in [-0.2, -0.15) is 5.26 Å². The van der Waals surface area contributed by atoms with Gasteiger partial charge in [-0.3, -0.25) is 0 Å². The zero-order valence-corrected chi connectivity index (χ0v) is 13.1. The van der Waals surface area contributed by atoms with Crippen molar-refractivity contribution >= 4 is 5.97 Å². The lowest BCUT2D eigenvalue weighted by molar-refractivity contribution is -0.703. The summed E-state index contributed by atoms with van der Waals surface area (Å²) in [4.78, 5) is 11.2. The molecule has 0 amide bonds. The topological polar surface area (TPSA) is 69.9 Å². The molecule has 0 saturated heterocycles. The Hall–Kier alpha value is -1.83. The Balaban J connectivity index is 3.12. The first-order valence-corrected chi connectivity index (χ1v) is 7.83. The molecule has 116 valence electrons. The van der Waals surface area contributed by atoms with E-state index in [1.54, 1.807) is 0 Å². The van der Waals surface area contributed by atoms with Gasteiger partial charge in [-0.15, -0.1) is 0 Å². The van der Waals surface area contributed by atoms with Gasteiger partial charge in [0.2, 0.25) is 0 Å². The third-order valence-corrected chi connectivity index (χ3v) is 3.59. The molecule has 0 aromatic carbocycles. The fourth-order valence-corrected chi connectivity index (χ4v) is 2.51. The minimum Gasteiger partial charge on any atom is -0.478 e. The lowest BCUT2D eigenvalue weighted by Crippen LogP contribution is -2.37. The number of carboxylic acids is 1. The maximum Gasteiger partial charge on any atom is 0.346 e. The Labute approximate surface area is 126 Å². The number of aliphatic carboxylic acids is 1. The average Bonchev–Trinajstić information content (AvgIpc) is 2.77. The highest BCUT2D eigenvalue weighted by atomic mass is 16.4. The van der Waals surface area contributed by atoms with Crippen LogP contribution in [0.4, 0.5) is 0 Å². The fourth-order valence-electron chi connectivity index (χ4n) is 2.51. The van der Waals surface area contributed by atoms with Crippen LogP contribution >= 0.6 is 0 Å². The van der Waals surface area contributed by atoms with Gasteiger partial charge < -0.3 is 5.11 Å². The molecule has 0 aliphatic rings. The Kier molecular flexibility index (Phi) is 7.52. The lowest BCUT2D eigenvalue weighted by atomic mass is 10.2. The van der Waals surface area contributed by atoms with Gasteiger partial charge in [0.1, 0.15) is 18.4 Å². The number of nitrogens with zero attached hydrogens (tertiary/aromatic N) is 3. The van der Waals surface area contributed by atoms with E-state index in [2.05, 4.69) is 24.5 Å². The van der Waals surface area contributed by atoms with Gasteiger partial charge in [0, 0.05) is 12.8 Å². The lowest BCUT2D eigenvalue weighted by Gasteiger charge is -2.04. The van der Waals surface area contributed by atoms with Crippen LogP contribution in [0.15, 0.2) is 6.20 Å². The van der Waals surface area contributed by atoms with E-state index in [4.69, 9.17) is 10.4 Å². The fraction of sp³-hybridized carbons (Fsp3) is 0.688. The van der Waals surface area contributed by atoms with Crippen LogP contribution < -0.4 is 4.57 Å². The van der Waals surface area contributed by atoms with Gasteiger partial charge >= 0.3 is 5.97 Å². The number of hydrogen-bond acceptors (Lipinski definition) is 2. The molecule has 0 saturated carbocycles. The Morgan fingerprint density at radius 3 is 2.57 bits per heavy atom. The zero-order valence-electron chi connectivity index (χ0n) is 13.1. The summed E-state index contributed by atoms with van der Waals surface area (Å²) in [5.74, 6) is 0.231. The van der Waals surface area contributed by atoms with Crippen molar-refractivity contribution in [3.8, 4) is 6.07 Å². The highest BCUT2D eigenvalue weighted by Crippen LogP contribution is 2.11. The molecule has 1 N–H and O–H groups in total. The van der Waals surface area contributed by atoms with Crippen molar-refractivity contribution in [1.29, 1.82) is 5.26 Å². The first-order valence-electron chi connectivity index (χ1n) is 7.83. The van der Waals surface area contributed by atoms with Crippen molar-refractivity contribution < 1.29 is 14.5 Å². The highest BCUT2D eigenvalue weighted by molar-refractivity contribution is 5.66. The monoisotopic (exact) mass is 292 g/mol. The maximum atomic E-state index is 11.2. The van der Waals surface area contributed by atoms with Crippen molar-refractivity contribution in [3.05, 3.63) is 17.7 Å². The number of carboxylic acid groups (broad SMARTS) is 1. The SMILES string of the molecule is CCCCc1c[n+](CCC#N)c(CCCC)n1CC(=O)O. The van der Waals surface area contributed by atoms with E-state index in [1.165, 1.54) is 0 Å². The molecular formula is C16H26N3O2+. The van der Waals surface area contributed by atoms with Crippen LogP contribution in [0.3, 0.4) is 0 Å². The molecule has 1 rings (SSSR count). The van der Waals surface area contributed by atoms with Gasteiger partial charge in [-0.1, -0.05) is 26.7 Å². The molecule has 0 atom stereocenters. The second-order valence-electron chi connectivity index (χ2n) is 5.33. The molecule has 0 fully saturated rings. The zero-order chi connectivity index (χ0) is 15.7. The third kappa shape index (κ3) is 5.22. The van der Waals surface area contributed by atoms with Gasteiger partial charge in [0.15, 0.2) is 6.54 Å². The summed E-state index contributed by atoms with van der Waals surface area (Å²) in [5.41, 5.74) is 1.07. The van der Waals surface area contributed by atoms with Crippen LogP contribution in [0.1, 0.15) is 57.5 Å². The van der Waals surface area contributed by atoms with Crippen LogP contribution in [-0.2, 0) is 30.7 Å². The second-order valence-corrected chi connectivity index (χ2v) is 5.33. The summed E-state index contributed by atoms with van der Waals surface area (Å²) in [5, 5.41) is 18.0. The number of aromatic nitrogens is 2. The normalized spacial score (nSPS) is 10.5. The summed E-state index contributed by atoms with van der Waals surface area (Å²) in [6, 6.07) is 2.17. The average molecular weight is 292 g/mol. The number of carbonyl (C=O) groups is 1. The molecule has 5 nitrogen and oxygen atoms in total. The Morgan fingerprint density at radius 2 is 2.00 bits per heavy atom. The molecule has 0 aliphatic carbocycles. The number of nitriles is 1. The molecule has 0 unspecified atom stereocenters. The van der Waals surface area contributed by atoms with Crippen molar-refractivity contribution in [2.45, 2.75) is 71.9 Å². The summed E-state index contributed by atoms with van der Waals surface area (Å²) in [6.07, 6.45) is 8.48. The number of unbranched alkanes of at least 4 members (excludes halogenated alkanes) is 2. The van der Waals surface area contributed by atoms with Gasteiger partial charge in [-0.25, -0.2) is 13.9 Å². The smallest absolute Gasteiger partial charge is 0.346 e. The van der Waals surface area contributed by atoms with Crippen LogP contribution in [0.2, 0.25) is 0 Å². The molecule has 0 bridgehead atoms. The van der Waals surface area contributed by atoms with Crippen LogP contribution in [0.5, 0.6) is 0 Å². The molecule has 1 aromatic heterocycles. The van der Waals surface area contributed by atoms with E-state index in [9.17, 15) is 4.79 Å². The Morgan fingerprint density at radius 1 is 1.33 bits per heavy atom.